The normalized spacial score (nSPS) is 13.0. The Kier molecular flexibility index (Phi) is 6.74. The van der Waals surface area contributed by atoms with Gasteiger partial charge in [-0.1, -0.05) is 6.92 Å². The molecule has 1 aromatic rings. The first-order valence-electron chi connectivity index (χ1n) is 6.95. The topological polar surface area (TPSA) is 46.2 Å². The maximum absolute atomic E-state index is 12.9. The van der Waals surface area contributed by atoms with E-state index in [-0.39, 0.29) is 17.7 Å². The molecule has 0 spiro atoms. The summed E-state index contributed by atoms with van der Waals surface area (Å²) in [5.74, 6) is 0.445. The third-order valence-electron chi connectivity index (χ3n) is 2.86. The number of aromatic nitrogens is 1. The lowest BCUT2D eigenvalue weighted by Gasteiger charge is -2.17. The fourth-order valence-electron chi connectivity index (χ4n) is 1.73. The van der Waals surface area contributed by atoms with Crippen LogP contribution >= 0.6 is 0 Å². The highest BCUT2D eigenvalue weighted by Crippen LogP contribution is 2.32. The average molecular weight is 305 g/mol. The maximum Gasteiger partial charge on any atom is 0.416 e. The zero-order valence-corrected chi connectivity index (χ0v) is 12.5. The summed E-state index contributed by atoms with van der Waals surface area (Å²) in [6, 6.07) is 2.03. The van der Waals surface area contributed by atoms with E-state index in [1.807, 2.05) is 13.8 Å². The van der Waals surface area contributed by atoms with Gasteiger partial charge in [-0.05, 0) is 31.9 Å². The monoisotopic (exact) mass is 305 g/mol. The number of pyridine rings is 1. The van der Waals surface area contributed by atoms with Gasteiger partial charge < -0.3 is 15.4 Å². The van der Waals surface area contributed by atoms with E-state index in [1.165, 1.54) is 0 Å². The summed E-state index contributed by atoms with van der Waals surface area (Å²) in [5.41, 5.74) is -0.711. The minimum atomic E-state index is -4.39. The van der Waals surface area contributed by atoms with Gasteiger partial charge in [0.05, 0.1) is 5.56 Å². The minimum absolute atomic E-state index is 0.0278. The second-order valence-corrected chi connectivity index (χ2v) is 4.88. The molecule has 0 fully saturated rings. The molecule has 0 amide bonds. The molecule has 1 heterocycles. The van der Waals surface area contributed by atoms with Crippen molar-refractivity contribution in [2.24, 2.45) is 0 Å². The summed E-state index contributed by atoms with van der Waals surface area (Å²) >= 11 is 0. The number of nitrogens with one attached hydrogen (secondary N) is 2. The Bertz CT molecular complexity index is 438. The number of halogens is 3. The van der Waals surface area contributed by atoms with Crippen LogP contribution in [-0.2, 0) is 10.9 Å². The largest absolute Gasteiger partial charge is 0.416 e. The van der Waals surface area contributed by atoms with E-state index >= 15 is 0 Å². The highest BCUT2D eigenvalue weighted by molar-refractivity contribution is 5.50. The maximum atomic E-state index is 12.9. The Balaban J connectivity index is 2.90. The molecule has 7 heteroatoms. The fourth-order valence-corrected chi connectivity index (χ4v) is 1.73. The van der Waals surface area contributed by atoms with Gasteiger partial charge in [0.1, 0.15) is 11.6 Å². The first kappa shape index (κ1) is 17.6. The quantitative estimate of drug-likeness (QED) is 0.767. The smallest absolute Gasteiger partial charge is 0.385 e. The summed E-state index contributed by atoms with van der Waals surface area (Å²) in [6.45, 7) is 4.92. The summed E-state index contributed by atoms with van der Waals surface area (Å²) in [7, 11) is 1.59. The Morgan fingerprint density at radius 2 is 1.95 bits per heavy atom. The molecule has 0 saturated heterocycles. The molecule has 1 atom stereocenters. The van der Waals surface area contributed by atoms with Crippen molar-refractivity contribution in [1.29, 1.82) is 0 Å². The molecule has 1 aromatic heterocycles. The number of anilines is 2. The summed E-state index contributed by atoms with van der Waals surface area (Å²) in [6.07, 6.45) is -2.89. The van der Waals surface area contributed by atoms with Gasteiger partial charge in [0, 0.05) is 26.3 Å². The molecule has 0 aliphatic carbocycles. The molecule has 0 aliphatic heterocycles. The van der Waals surface area contributed by atoms with Crippen LogP contribution in [0, 0.1) is 0 Å². The SMILES string of the molecule is CCCNc1cc(C(F)(F)F)cc(NC(C)CCOC)n1. The van der Waals surface area contributed by atoms with Gasteiger partial charge in [0.15, 0.2) is 0 Å². The van der Waals surface area contributed by atoms with E-state index in [0.717, 1.165) is 18.6 Å². The molecule has 0 bridgehead atoms. The molecule has 0 saturated carbocycles. The van der Waals surface area contributed by atoms with E-state index in [0.29, 0.717) is 19.6 Å². The summed E-state index contributed by atoms with van der Waals surface area (Å²) < 4.78 is 43.7. The Morgan fingerprint density at radius 3 is 2.52 bits per heavy atom. The van der Waals surface area contributed by atoms with E-state index < -0.39 is 11.7 Å². The lowest BCUT2D eigenvalue weighted by molar-refractivity contribution is -0.137. The molecule has 1 rings (SSSR count). The van der Waals surface area contributed by atoms with E-state index in [1.54, 1.807) is 7.11 Å². The summed E-state index contributed by atoms with van der Waals surface area (Å²) in [5, 5.41) is 5.86. The molecule has 1 unspecified atom stereocenters. The number of nitrogens with zero attached hydrogens (tertiary/aromatic N) is 1. The number of methoxy groups -OCH3 is 1. The predicted octanol–water partition coefficient (Wildman–Crippen LogP) is 3.76. The van der Waals surface area contributed by atoms with Crippen LogP contribution in [-0.4, -0.2) is 31.3 Å². The molecular weight excluding hydrogens is 283 g/mol. The van der Waals surface area contributed by atoms with Gasteiger partial charge in [-0.2, -0.15) is 13.2 Å². The fraction of sp³-hybridized carbons (Fsp3) is 0.643. The minimum Gasteiger partial charge on any atom is -0.385 e. The second kappa shape index (κ2) is 8.07. The van der Waals surface area contributed by atoms with Gasteiger partial charge >= 0.3 is 6.18 Å². The van der Waals surface area contributed by atoms with E-state index in [9.17, 15) is 13.2 Å². The van der Waals surface area contributed by atoms with Crippen molar-refractivity contribution in [1.82, 2.24) is 4.98 Å². The third-order valence-corrected chi connectivity index (χ3v) is 2.86. The zero-order chi connectivity index (χ0) is 15.9. The van der Waals surface area contributed by atoms with Crippen LogP contribution in [0.2, 0.25) is 0 Å². The van der Waals surface area contributed by atoms with Gasteiger partial charge in [0.25, 0.3) is 0 Å². The molecular formula is C14H22F3N3O. The van der Waals surface area contributed by atoms with E-state index in [4.69, 9.17) is 4.74 Å². The van der Waals surface area contributed by atoms with Crippen molar-refractivity contribution >= 4 is 11.6 Å². The Morgan fingerprint density at radius 1 is 1.29 bits per heavy atom. The lowest BCUT2D eigenvalue weighted by atomic mass is 10.2. The van der Waals surface area contributed by atoms with Gasteiger partial charge in [-0.15, -0.1) is 0 Å². The van der Waals surface area contributed by atoms with Crippen LogP contribution in [0.4, 0.5) is 24.8 Å². The van der Waals surface area contributed by atoms with Gasteiger partial charge in [-0.3, -0.25) is 0 Å². The highest BCUT2D eigenvalue weighted by Gasteiger charge is 2.31. The zero-order valence-electron chi connectivity index (χ0n) is 12.5. The van der Waals surface area contributed by atoms with Crippen LogP contribution in [0.5, 0.6) is 0 Å². The standard InChI is InChI=1S/C14H22F3N3O/c1-4-6-18-12-8-11(14(15,16)17)9-13(20-12)19-10(2)5-7-21-3/h8-10H,4-7H2,1-3H3,(H2,18,19,20). The van der Waals surface area contributed by atoms with Crippen LogP contribution in [0.3, 0.4) is 0 Å². The Labute approximate surface area is 123 Å². The molecule has 120 valence electrons. The molecule has 2 N–H and O–H groups in total. The number of rotatable bonds is 8. The first-order valence-corrected chi connectivity index (χ1v) is 6.95. The van der Waals surface area contributed by atoms with Gasteiger partial charge in [-0.25, -0.2) is 4.98 Å². The number of hydrogen-bond donors (Lipinski definition) is 2. The second-order valence-electron chi connectivity index (χ2n) is 4.88. The number of ether oxygens (including phenoxy) is 1. The molecule has 0 aliphatic rings. The average Bonchev–Trinajstić information content (AvgIpc) is 2.41. The van der Waals surface area contributed by atoms with Crippen molar-refractivity contribution in [3.05, 3.63) is 17.7 Å². The van der Waals surface area contributed by atoms with Gasteiger partial charge in [0.2, 0.25) is 0 Å². The van der Waals surface area contributed by atoms with Crippen molar-refractivity contribution in [3.63, 3.8) is 0 Å². The van der Waals surface area contributed by atoms with Crippen LogP contribution < -0.4 is 10.6 Å². The van der Waals surface area contributed by atoms with Crippen LogP contribution in [0.25, 0.3) is 0 Å². The number of alkyl halides is 3. The lowest BCUT2D eigenvalue weighted by Crippen LogP contribution is -2.19. The van der Waals surface area contributed by atoms with E-state index in [2.05, 4.69) is 15.6 Å². The number of hydrogen-bond acceptors (Lipinski definition) is 4. The van der Waals surface area contributed by atoms with Crippen LogP contribution in [0.1, 0.15) is 32.3 Å². The molecule has 21 heavy (non-hydrogen) atoms. The first-order chi connectivity index (χ1) is 9.86. The van der Waals surface area contributed by atoms with Crippen molar-refractivity contribution < 1.29 is 17.9 Å². The van der Waals surface area contributed by atoms with Crippen LogP contribution in [0.15, 0.2) is 12.1 Å². The van der Waals surface area contributed by atoms with Crippen molar-refractivity contribution in [2.45, 2.75) is 38.9 Å². The molecule has 0 radical (unpaired) electrons. The predicted molar refractivity (Wildman–Crippen MR) is 77.6 cm³/mol. The third kappa shape index (κ3) is 6.20. The van der Waals surface area contributed by atoms with Crippen molar-refractivity contribution in [2.75, 3.05) is 30.9 Å². The highest BCUT2D eigenvalue weighted by atomic mass is 19.4. The summed E-state index contributed by atoms with van der Waals surface area (Å²) in [4.78, 5) is 4.17. The Hall–Kier alpha value is -1.50. The molecule has 4 nitrogen and oxygen atoms in total. The van der Waals surface area contributed by atoms with Crippen molar-refractivity contribution in [3.8, 4) is 0 Å². The molecule has 0 aromatic carbocycles.